The molecule has 7 heteroatoms. The Kier molecular flexibility index (Phi) is 4.86. The maximum atomic E-state index is 5.42. The average Bonchev–Trinajstić information content (AvgIpc) is 3.57. The van der Waals surface area contributed by atoms with Crippen LogP contribution >= 0.6 is 0 Å². The van der Waals surface area contributed by atoms with E-state index in [1.807, 2.05) is 0 Å². The van der Waals surface area contributed by atoms with Gasteiger partial charge in [0.25, 0.3) is 0 Å². The summed E-state index contributed by atoms with van der Waals surface area (Å²) in [6.07, 6.45) is 4.67. The molecule has 6 nitrogen and oxygen atoms in total. The van der Waals surface area contributed by atoms with Gasteiger partial charge in [0.1, 0.15) is 0 Å². The van der Waals surface area contributed by atoms with E-state index < -0.39 is 18.4 Å². The van der Waals surface area contributed by atoms with Crippen molar-refractivity contribution in [1.29, 1.82) is 0 Å². The van der Waals surface area contributed by atoms with Crippen LogP contribution in [-0.4, -0.2) is 23.7 Å². The van der Waals surface area contributed by atoms with E-state index in [-0.39, 0.29) is 17.2 Å². The molecule has 1 saturated heterocycles. The molecule has 1 fully saturated rings. The number of alkyl halides is 3. The van der Waals surface area contributed by atoms with Gasteiger partial charge in [0, 0.05) is 0 Å². The summed E-state index contributed by atoms with van der Waals surface area (Å²) in [4.78, 5) is 21.2. The van der Waals surface area contributed by atoms with Crippen LogP contribution in [0, 0.1) is 3.57 Å². The first-order valence-corrected chi connectivity index (χ1v) is 20.7. The normalized spacial score (nSPS) is 30.0. The third-order valence-corrected chi connectivity index (χ3v) is 26.8. The Labute approximate surface area is 278 Å². The Hall–Kier alpha value is -4.89. The van der Waals surface area contributed by atoms with Crippen LogP contribution in [0.5, 0.6) is 0 Å². The predicted molar refractivity (Wildman–Crippen MR) is 186 cm³/mol. The number of hydrogen-bond acceptors (Lipinski definition) is 6. The molecule has 230 valence electrons. The molecule has 6 heterocycles. The van der Waals surface area contributed by atoms with Crippen molar-refractivity contribution in [3.05, 3.63) is 155 Å². The van der Waals surface area contributed by atoms with Gasteiger partial charge in [0.15, 0.2) is 0 Å². The zero-order chi connectivity index (χ0) is 31.1. The summed E-state index contributed by atoms with van der Waals surface area (Å²) in [6, 6.07) is 48.7. The second-order valence-electron chi connectivity index (χ2n) is 13.2. The minimum absolute atomic E-state index is 0.000702. The van der Waals surface area contributed by atoms with Crippen molar-refractivity contribution in [3.63, 3.8) is 0 Å². The SMILES string of the molecule is CC12c3ccccc3N3c4nc5ccccc5nc4N(c4ccccc4)C3C1(C)[I-]21c2ccccc2N2C=CN(c3ccccc3)C21. The molecule has 0 radical (unpaired) electrons. The molecule has 1 spiro atoms. The van der Waals surface area contributed by atoms with Crippen LogP contribution in [0.2, 0.25) is 0 Å². The Morgan fingerprint density at radius 2 is 1.11 bits per heavy atom. The second-order valence-corrected chi connectivity index (χ2v) is 23.4. The van der Waals surface area contributed by atoms with E-state index >= 15 is 0 Å². The van der Waals surface area contributed by atoms with Crippen LogP contribution < -0.4 is 38.0 Å². The molecule has 0 N–H and O–H groups in total. The van der Waals surface area contributed by atoms with Gasteiger partial charge in [-0.3, -0.25) is 0 Å². The van der Waals surface area contributed by atoms with E-state index in [0.717, 1.165) is 28.4 Å². The molecule has 47 heavy (non-hydrogen) atoms. The van der Waals surface area contributed by atoms with E-state index in [1.54, 1.807) is 3.57 Å². The first-order valence-electron chi connectivity index (χ1n) is 16.2. The first kappa shape index (κ1) is 26.2. The van der Waals surface area contributed by atoms with Gasteiger partial charge in [-0.2, -0.15) is 0 Å². The summed E-state index contributed by atoms with van der Waals surface area (Å²) in [6.45, 7) is 5.24. The zero-order valence-electron chi connectivity index (χ0n) is 26.1. The van der Waals surface area contributed by atoms with Crippen LogP contribution in [0.15, 0.2) is 146 Å². The number of fused-ring (bicyclic) bond motifs is 16. The number of nitrogens with zero attached hydrogens (tertiary/aromatic N) is 6. The molecule has 5 unspecified atom stereocenters. The molecule has 0 saturated carbocycles. The maximum absolute atomic E-state index is 5.42. The molecule has 11 rings (SSSR count). The standard InChI is InChI=1S/C40H32IN6/c1-39-29-19-9-13-23-33(29)47-36-35(42-31-21-11-12-22-32(31)43-36)46(28-17-7-4-8-18-28)37(47)40(39,2)41(39)30-20-10-14-24-34(30)45-26-25-44(38(41)45)27-15-5-3-6-16-27/h3-26,37-38H,1-2H3/q-1. The van der Waals surface area contributed by atoms with Gasteiger partial charge in [0.05, 0.1) is 0 Å². The van der Waals surface area contributed by atoms with Gasteiger partial charge in [-0.1, -0.05) is 0 Å². The van der Waals surface area contributed by atoms with E-state index in [0.29, 0.717) is 0 Å². The molecule has 5 aliphatic heterocycles. The fraction of sp³-hybridized carbons (Fsp3) is 0.150. The van der Waals surface area contributed by atoms with Crippen molar-refractivity contribution in [1.82, 2.24) is 9.97 Å². The molecule has 1 aromatic heterocycles. The summed E-state index contributed by atoms with van der Waals surface area (Å²) < 4.78 is 1.66. The number of anilines is 6. The summed E-state index contributed by atoms with van der Waals surface area (Å²) in [7, 11) is 0. The first-order chi connectivity index (χ1) is 23.1. The summed E-state index contributed by atoms with van der Waals surface area (Å²) >= 11 is -3.27. The third kappa shape index (κ3) is 2.79. The van der Waals surface area contributed by atoms with Gasteiger partial charge in [-0.05, 0) is 0 Å². The topological polar surface area (TPSA) is 38.7 Å². The fourth-order valence-electron chi connectivity index (χ4n) is 9.43. The van der Waals surface area contributed by atoms with Gasteiger partial charge in [-0.25, -0.2) is 0 Å². The number of hydrogen-bond donors (Lipinski definition) is 0. The number of rotatable bonds is 2. The molecule has 6 aromatic rings. The molecular formula is C40H32IN6-. The second kappa shape index (κ2) is 8.72. The van der Waals surface area contributed by atoms with E-state index in [9.17, 15) is 0 Å². The van der Waals surface area contributed by atoms with Crippen LogP contribution in [0.4, 0.5) is 34.4 Å². The van der Waals surface area contributed by atoms with Gasteiger partial charge < -0.3 is 0 Å². The van der Waals surface area contributed by atoms with Crippen molar-refractivity contribution >= 4 is 45.4 Å². The summed E-state index contributed by atoms with van der Waals surface area (Å²) in [5, 5.41) is 0. The Bertz CT molecular complexity index is 2310. The zero-order valence-corrected chi connectivity index (χ0v) is 28.2. The Morgan fingerprint density at radius 1 is 0.553 bits per heavy atom. The monoisotopic (exact) mass is 723 g/mol. The summed E-state index contributed by atoms with van der Waals surface area (Å²) in [5.74, 6) is 1.89. The average molecular weight is 724 g/mol. The third-order valence-electron chi connectivity index (χ3n) is 11.4. The van der Waals surface area contributed by atoms with Crippen LogP contribution in [0.1, 0.15) is 19.4 Å². The number of para-hydroxylation sites is 6. The van der Waals surface area contributed by atoms with Crippen molar-refractivity contribution in [2.45, 2.75) is 31.0 Å². The van der Waals surface area contributed by atoms with Gasteiger partial charge >= 0.3 is 279 Å². The fourth-order valence-corrected chi connectivity index (χ4v) is 28.5. The van der Waals surface area contributed by atoms with Gasteiger partial charge in [0.2, 0.25) is 0 Å². The van der Waals surface area contributed by atoms with Crippen LogP contribution in [0.25, 0.3) is 11.0 Å². The number of aromatic nitrogens is 2. The van der Waals surface area contributed by atoms with E-state index in [4.69, 9.17) is 9.97 Å². The van der Waals surface area contributed by atoms with Gasteiger partial charge in [-0.15, -0.1) is 0 Å². The van der Waals surface area contributed by atoms with Crippen LogP contribution in [-0.2, 0) is 3.42 Å². The molecule has 5 atom stereocenters. The molecule has 5 aliphatic rings. The molecule has 0 aliphatic carbocycles. The van der Waals surface area contributed by atoms with E-state index in [1.165, 1.54) is 22.6 Å². The number of halogens is 1. The molecular weight excluding hydrogens is 691 g/mol. The molecule has 0 bridgehead atoms. The van der Waals surface area contributed by atoms with Crippen molar-refractivity contribution < 1.29 is 18.4 Å². The Balaban J connectivity index is 1.25. The number of benzene rings is 5. The Morgan fingerprint density at radius 3 is 1.83 bits per heavy atom. The minimum atomic E-state index is -3.27. The van der Waals surface area contributed by atoms with Crippen molar-refractivity contribution in [2.75, 3.05) is 19.6 Å². The summed E-state index contributed by atoms with van der Waals surface area (Å²) in [5.41, 5.74) is 8.33. The van der Waals surface area contributed by atoms with Crippen LogP contribution in [0.3, 0.4) is 0 Å². The quantitative estimate of drug-likeness (QED) is 0.136. The van der Waals surface area contributed by atoms with Crippen molar-refractivity contribution in [2.24, 2.45) is 0 Å². The molecule has 5 aromatic carbocycles. The molecule has 0 amide bonds. The van der Waals surface area contributed by atoms with E-state index in [2.05, 4.69) is 179 Å². The van der Waals surface area contributed by atoms with Crippen molar-refractivity contribution in [3.8, 4) is 0 Å². The predicted octanol–water partition coefficient (Wildman–Crippen LogP) is 5.37.